The van der Waals surface area contributed by atoms with Gasteiger partial charge in [-0.1, -0.05) is 13.8 Å². The van der Waals surface area contributed by atoms with Crippen molar-refractivity contribution in [3.63, 3.8) is 0 Å². The van der Waals surface area contributed by atoms with Crippen molar-refractivity contribution in [3.05, 3.63) is 23.7 Å². The van der Waals surface area contributed by atoms with E-state index in [2.05, 4.69) is 0 Å². The Bertz CT molecular complexity index is 207. The van der Waals surface area contributed by atoms with Crippen molar-refractivity contribution in [2.24, 2.45) is 11.8 Å². The molecule has 3 heteroatoms. The van der Waals surface area contributed by atoms with Crippen LogP contribution in [0.15, 0.2) is 23.7 Å². The van der Waals surface area contributed by atoms with Gasteiger partial charge in [0.25, 0.3) is 0 Å². The summed E-state index contributed by atoms with van der Waals surface area (Å²) in [6.45, 7) is 7.66. The van der Waals surface area contributed by atoms with E-state index in [9.17, 15) is 0 Å². The van der Waals surface area contributed by atoms with Crippen LogP contribution in [0, 0.1) is 11.8 Å². The summed E-state index contributed by atoms with van der Waals surface area (Å²) in [5.41, 5.74) is 0. The molecule has 15 heavy (non-hydrogen) atoms. The van der Waals surface area contributed by atoms with Crippen LogP contribution in [0.5, 0.6) is 0 Å². The molecule has 88 valence electrons. The Balaban J connectivity index is 4.54. The van der Waals surface area contributed by atoms with Crippen LogP contribution in [0.1, 0.15) is 27.7 Å². The first-order valence-electron chi connectivity index (χ1n) is 5.32. The molecule has 0 aliphatic heterocycles. The summed E-state index contributed by atoms with van der Waals surface area (Å²) in [6, 6.07) is 0. The van der Waals surface area contributed by atoms with E-state index in [1.165, 1.54) is 0 Å². The van der Waals surface area contributed by atoms with Crippen molar-refractivity contribution < 1.29 is 14.9 Å². The minimum absolute atomic E-state index is 0.0177. The normalized spacial score (nSPS) is 17.5. The van der Waals surface area contributed by atoms with E-state index in [0.717, 1.165) is 11.5 Å². The van der Waals surface area contributed by atoms with Crippen LogP contribution < -0.4 is 0 Å². The van der Waals surface area contributed by atoms with E-state index in [4.69, 9.17) is 14.9 Å². The predicted octanol–water partition coefficient (Wildman–Crippen LogP) is 2.07. The molecule has 3 nitrogen and oxygen atoms in total. The monoisotopic (exact) mass is 214 g/mol. The number of allylic oxidation sites excluding steroid dienone is 2. The first-order valence-corrected chi connectivity index (χ1v) is 5.32. The van der Waals surface area contributed by atoms with Crippen LogP contribution in [0.4, 0.5) is 0 Å². The van der Waals surface area contributed by atoms with E-state index in [1.54, 1.807) is 0 Å². The van der Waals surface area contributed by atoms with Crippen LogP contribution in [0.2, 0.25) is 0 Å². The molecule has 2 N–H and O–H groups in total. The van der Waals surface area contributed by atoms with Crippen LogP contribution in [-0.4, -0.2) is 23.4 Å². The molecule has 2 atom stereocenters. The largest absolute Gasteiger partial charge is 0.466 e. The van der Waals surface area contributed by atoms with Crippen molar-refractivity contribution >= 4 is 0 Å². The molecule has 0 radical (unpaired) electrons. The standard InChI is InChI=1S/C12H22O3/c1-5-11(9(3)7-13)15-12(6-2)10(4)8-14/h5-6,9-10,13-14H,7-8H2,1-4H3. The predicted molar refractivity (Wildman–Crippen MR) is 61.1 cm³/mol. The number of hydrogen-bond acceptors (Lipinski definition) is 3. The first kappa shape index (κ1) is 14.2. The Morgan fingerprint density at radius 3 is 1.53 bits per heavy atom. The SMILES string of the molecule is CC=C(OC(=CC)C(C)CO)C(C)CO. The highest BCUT2D eigenvalue weighted by Gasteiger charge is 2.14. The molecular formula is C12H22O3. The Morgan fingerprint density at radius 1 is 1.00 bits per heavy atom. The lowest BCUT2D eigenvalue weighted by atomic mass is 10.1. The summed E-state index contributed by atoms with van der Waals surface area (Å²) >= 11 is 0. The van der Waals surface area contributed by atoms with Gasteiger partial charge >= 0.3 is 0 Å². The van der Waals surface area contributed by atoms with Crippen molar-refractivity contribution in [2.45, 2.75) is 27.7 Å². The highest BCUT2D eigenvalue weighted by atomic mass is 16.5. The molecule has 0 aliphatic rings. The van der Waals surface area contributed by atoms with Gasteiger partial charge in [-0.25, -0.2) is 0 Å². The molecule has 0 saturated heterocycles. The van der Waals surface area contributed by atoms with Crippen molar-refractivity contribution in [1.29, 1.82) is 0 Å². The Morgan fingerprint density at radius 2 is 1.33 bits per heavy atom. The summed E-state index contributed by atoms with van der Waals surface area (Å²) < 4.78 is 5.66. The fourth-order valence-electron chi connectivity index (χ4n) is 1.20. The fraction of sp³-hybridized carbons (Fsp3) is 0.667. The average molecular weight is 214 g/mol. The van der Waals surface area contributed by atoms with Crippen LogP contribution >= 0.6 is 0 Å². The number of rotatable bonds is 6. The summed E-state index contributed by atoms with van der Waals surface area (Å²) in [4.78, 5) is 0. The lowest BCUT2D eigenvalue weighted by Gasteiger charge is -2.20. The van der Waals surface area contributed by atoms with Gasteiger partial charge in [-0.2, -0.15) is 0 Å². The molecule has 0 aliphatic carbocycles. The highest BCUT2D eigenvalue weighted by molar-refractivity contribution is 5.05. The quantitative estimate of drug-likeness (QED) is 0.665. The second-order valence-electron chi connectivity index (χ2n) is 3.65. The van der Waals surface area contributed by atoms with Crippen molar-refractivity contribution in [1.82, 2.24) is 0 Å². The third-order valence-corrected chi connectivity index (χ3v) is 2.32. The lowest BCUT2D eigenvalue weighted by Crippen LogP contribution is -2.13. The van der Waals surface area contributed by atoms with Gasteiger partial charge in [0.1, 0.15) is 11.5 Å². The average Bonchev–Trinajstić information content (AvgIpc) is 2.28. The summed E-state index contributed by atoms with van der Waals surface area (Å²) in [5, 5.41) is 18.1. The van der Waals surface area contributed by atoms with Gasteiger partial charge in [-0.05, 0) is 26.0 Å². The molecule has 0 heterocycles. The zero-order chi connectivity index (χ0) is 11.8. The summed E-state index contributed by atoms with van der Waals surface area (Å²) in [5.74, 6) is 1.45. The molecule has 0 amide bonds. The molecule has 2 unspecified atom stereocenters. The molecule has 0 aromatic rings. The fourth-order valence-corrected chi connectivity index (χ4v) is 1.20. The molecular weight excluding hydrogens is 192 g/mol. The van der Waals surface area contributed by atoms with Gasteiger partial charge in [0, 0.05) is 11.8 Å². The molecule has 0 aromatic carbocycles. The third-order valence-electron chi connectivity index (χ3n) is 2.32. The Hall–Kier alpha value is -0.800. The van der Waals surface area contributed by atoms with Crippen LogP contribution in [0.3, 0.4) is 0 Å². The van der Waals surface area contributed by atoms with Gasteiger partial charge in [0.15, 0.2) is 0 Å². The Labute approximate surface area is 92.1 Å². The minimum Gasteiger partial charge on any atom is -0.466 e. The van der Waals surface area contributed by atoms with Gasteiger partial charge in [-0.3, -0.25) is 0 Å². The zero-order valence-corrected chi connectivity index (χ0v) is 10.0. The summed E-state index contributed by atoms with van der Waals surface area (Å²) in [7, 11) is 0. The first-order chi connectivity index (χ1) is 7.10. The number of aliphatic hydroxyl groups excluding tert-OH is 2. The number of aliphatic hydroxyl groups is 2. The number of hydrogen-bond donors (Lipinski definition) is 2. The van der Waals surface area contributed by atoms with Crippen molar-refractivity contribution in [2.75, 3.05) is 13.2 Å². The molecule has 0 bridgehead atoms. The van der Waals surface area contributed by atoms with E-state index in [1.807, 2.05) is 39.8 Å². The van der Waals surface area contributed by atoms with E-state index in [-0.39, 0.29) is 25.0 Å². The van der Waals surface area contributed by atoms with Crippen LogP contribution in [0.25, 0.3) is 0 Å². The molecule has 0 fully saturated rings. The lowest BCUT2D eigenvalue weighted by molar-refractivity contribution is 0.153. The van der Waals surface area contributed by atoms with Gasteiger partial charge < -0.3 is 14.9 Å². The van der Waals surface area contributed by atoms with Gasteiger partial charge in [0.2, 0.25) is 0 Å². The second-order valence-corrected chi connectivity index (χ2v) is 3.65. The second kappa shape index (κ2) is 7.49. The maximum atomic E-state index is 9.03. The van der Waals surface area contributed by atoms with Gasteiger partial charge in [-0.15, -0.1) is 0 Å². The smallest absolute Gasteiger partial charge is 0.104 e. The zero-order valence-electron chi connectivity index (χ0n) is 10.0. The topological polar surface area (TPSA) is 49.7 Å². The molecule has 0 spiro atoms. The third kappa shape index (κ3) is 4.49. The van der Waals surface area contributed by atoms with E-state index >= 15 is 0 Å². The molecule has 0 saturated carbocycles. The van der Waals surface area contributed by atoms with Crippen LogP contribution in [-0.2, 0) is 4.74 Å². The van der Waals surface area contributed by atoms with Crippen molar-refractivity contribution in [3.8, 4) is 0 Å². The minimum atomic E-state index is -0.0177. The van der Waals surface area contributed by atoms with Gasteiger partial charge in [0.05, 0.1) is 13.2 Å². The highest BCUT2D eigenvalue weighted by Crippen LogP contribution is 2.20. The van der Waals surface area contributed by atoms with E-state index in [0.29, 0.717) is 0 Å². The van der Waals surface area contributed by atoms with E-state index < -0.39 is 0 Å². The molecule has 0 aromatic heterocycles. The number of ether oxygens (including phenoxy) is 1. The molecule has 0 rings (SSSR count). The Kier molecular flexibility index (Phi) is 7.09. The maximum absolute atomic E-state index is 9.03. The maximum Gasteiger partial charge on any atom is 0.104 e. The summed E-state index contributed by atoms with van der Waals surface area (Å²) in [6.07, 6.45) is 3.68.